The zero-order chi connectivity index (χ0) is 17.9. The Balaban J connectivity index is 2.22. The van der Waals surface area contributed by atoms with Crippen molar-refractivity contribution in [3.05, 3.63) is 63.6 Å². The van der Waals surface area contributed by atoms with Gasteiger partial charge in [0.15, 0.2) is 0 Å². The standard InChI is InChI=1S/C16H16Cl2N2O3S/c1-10(14-7-6-12(17)9-15(14)18)20-16(21)11-4-3-5-13(8-11)24(22,23)19-2/h3-10,19H,1-2H3,(H,20,21)/t10-/m0/s1. The van der Waals surface area contributed by atoms with Crippen LogP contribution in [0, 0.1) is 0 Å². The molecule has 0 saturated heterocycles. The summed E-state index contributed by atoms with van der Waals surface area (Å²) in [4.78, 5) is 12.4. The molecule has 0 aromatic heterocycles. The van der Waals surface area contributed by atoms with Crippen molar-refractivity contribution < 1.29 is 13.2 Å². The summed E-state index contributed by atoms with van der Waals surface area (Å²) in [6.07, 6.45) is 0. The zero-order valence-electron chi connectivity index (χ0n) is 13.0. The smallest absolute Gasteiger partial charge is 0.251 e. The highest BCUT2D eigenvalue weighted by molar-refractivity contribution is 7.89. The molecule has 24 heavy (non-hydrogen) atoms. The highest BCUT2D eigenvalue weighted by atomic mass is 35.5. The number of sulfonamides is 1. The topological polar surface area (TPSA) is 75.3 Å². The fraction of sp³-hybridized carbons (Fsp3) is 0.188. The van der Waals surface area contributed by atoms with E-state index in [2.05, 4.69) is 10.0 Å². The van der Waals surface area contributed by atoms with E-state index in [4.69, 9.17) is 23.2 Å². The van der Waals surface area contributed by atoms with Crippen LogP contribution in [0.5, 0.6) is 0 Å². The molecule has 2 N–H and O–H groups in total. The molecule has 0 aliphatic rings. The minimum atomic E-state index is -3.61. The first-order valence-electron chi connectivity index (χ1n) is 7.04. The number of hydrogen-bond acceptors (Lipinski definition) is 3. The Hall–Kier alpha value is -1.60. The van der Waals surface area contributed by atoms with Crippen molar-refractivity contribution in [3.63, 3.8) is 0 Å². The second kappa shape index (κ2) is 7.53. The number of carbonyl (C=O) groups is 1. The molecule has 0 aliphatic heterocycles. The summed E-state index contributed by atoms with van der Waals surface area (Å²) in [5.41, 5.74) is 0.955. The SMILES string of the molecule is CNS(=O)(=O)c1cccc(C(=O)N[C@@H](C)c2ccc(Cl)cc2Cl)c1. The van der Waals surface area contributed by atoms with E-state index in [0.29, 0.717) is 15.6 Å². The molecular formula is C16H16Cl2N2O3S. The van der Waals surface area contributed by atoms with Crippen LogP contribution < -0.4 is 10.0 Å². The minimum Gasteiger partial charge on any atom is -0.345 e. The lowest BCUT2D eigenvalue weighted by molar-refractivity contribution is 0.0939. The molecule has 0 radical (unpaired) electrons. The van der Waals surface area contributed by atoms with Gasteiger partial charge in [-0.3, -0.25) is 4.79 Å². The largest absolute Gasteiger partial charge is 0.345 e. The number of rotatable bonds is 5. The van der Waals surface area contributed by atoms with E-state index >= 15 is 0 Å². The molecule has 0 bridgehead atoms. The molecule has 0 heterocycles. The Labute approximate surface area is 151 Å². The van der Waals surface area contributed by atoms with Crippen molar-refractivity contribution in [2.24, 2.45) is 0 Å². The summed E-state index contributed by atoms with van der Waals surface area (Å²) in [5, 5.41) is 3.74. The zero-order valence-corrected chi connectivity index (χ0v) is 15.3. The first kappa shape index (κ1) is 18.7. The maximum absolute atomic E-state index is 12.4. The van der Waals surface area contributed by atoms with Gasteiger partial charge in [0, 0.05) is 15.6 Å². The molecule has 2 rings (SSSR count). The number of benzene rings is 2. The normalized spacial score (nSPS) is 12.7. The van der Waals surface area contributed by atoms with E-state index in [1.807, 2.05) is 0 Å². The molecule has 128 valence electrons. The fourth-order valence-electron chi connectivity index (χ4n) is 2.13. The number of nitrogens with one attached hydrogen (secondary N) is 2. The van der Waals surface area contributed by atoms with Crippen LogP contribution in [0.2, 0.25) is 10.0 Å². The van der Waals surface area contributed by atoms with Gasteiger partial charge in [0.2, 0.25) is 10.0 Å². The Morgan fingerprint density at radius 3 is 2.46 bits per heavy atom. The second-order valence-electron chi connectivity index (χ2n) is 5.10. The third-order valence-corrected chi connectivity index (χ3v) is 5.43. The van der Waals surface area contributed by atoms with Crippen LogP contribution in [0.15, 0.2) is 47.4 Å². The van der Waals surface area contributed by atoms with Crippen molar-refractivity contribution in [3.8, 4) is 0 Å². The number of amides is 1. The Morgan fingerprint density at radius 1 is 1.12 bits per heavy atom. The van der Waals surface area contributed by atoms with Gasteiger partial charge in [-0.25, -0.2) is 13.1 Å². The second-order valence-corrected chi connectivity index (χ2v) is 7.83. The lowest BCUT2D eigenvalue weighted by Crippen LogP contribution is -2.27. The quantitative estimate of drug-likeness (QED) is 0.826. The van der Waals surface area contributed by atoms with Gasteiger partial charge in [-0.05, 0) is 49.9 Å². The van der Waals surface area contributed by atoms with Gasteiger partial charge in [0.05, 0.1) is 10.9 Å². The summed E-state index contributed by atoms with van der Waals surface area (Å²) in [6.45, 7) is 1.78. The van der Waals surface area contributed by atoms with Crippen LogP contribution in [0.3, 0.4) is 0 Å². The van der Waals surface area contributed by atoms with Crippen molar-refractivity contribution >= 4 is 39.1 Å². The van der Waals surface area contributed by atoms with Crippen LogP contribution in [0.1, 0.15) is 28.9 Å². The summed E-state index contributed by atoms with van der Waals surface area (Å²) in [6, 6.07) is 10.4. The van der Waals surface area contributed by atoms with Crippen molar-refractivity contribution in [1.82, 2.24) is 10.0 Å². The van der Waals surface area contributed by atoms with E-state index in [0.717, 1.165) is 0 Å². The van der Waals surface area contributed by atoms with Crippen LogP contribution in [0.25, 0.3) is 0 Å². The van der Waals surface area contributed by atoms with E-state index in [1.165, 1.54) is 25.2 Å². The van der Waals surface area contributed by atoms with Crippen molar-refractivity contribution in [1.29, 1.82) is 0 Å². The number of carbonyl (C=O) groups excluding carboxylic acids is 1. The van der Waals surface area contributed by atoms with Crippen LogP contribution in [-0.2, 0) is 10.0 Å². The van der Waals surface area contributed by atoms with Gasteiger partial charge >= 0.3 is 0 Å². The fourth-order valence-corrected chi connectivity index (χ4v) is 3.48. The first-order chi connectivity index (χ1) is 11.2. The summed E-state index contributed by atoms with van der Waals surface area (Å²) >= 11 is 12.0. The molecule has 0 unspecified atom stereocenters. The Bertz CT molecular complexity index is 869. The van der Waals surface area contributed by atoms with Crippen LogP contribution >= 0.6 is 23.2 Å². The number of halogens is 2. The van der Waals surface area contributed by atoms with Crippen LogP contribution in [0.4, 0.5) is 0 Å². The Kier molecular flexibility index (Phi) is 5.87. The molecule has 1 amide bonds. The summed E-state index contributed by atoms with van der Waals surface area (Å²) in [7, 11) is -2.30. The lowest BCUT2D eigenvalue weighted by atomic mass is 10.1. The molecule has 8 heteroatoms. The molecule has 2 aromatic carbocycles. The first-order valence-corrected chi connectivity index (χ1v) is 9.28. The van der Waals surface area contributed by atoms with Gasteiger partial charge in [-0.2, -0.15) is 0 Å². The van der Waals surface area contributed by atoms with Gasteiger partial charge in [0.1, 0.15) is 0 Å². The maximum Gasteiger partial charge on any atom is 0.251 e. The highest BCUT2D eigenvalue weighted by Crippen LogP contribution is 2.26. The average Bonchev–Trinajstić information content (AvgIpc) is 2.54. The predicted molar refractivity (Wildman–Crippen MR) is 95.0 cm³/mol. The molecule has 1 atom stereocenters. The van der Waals surface area contributed by atoms with E-state index in [1.54, 1.807) is 31.2 Å². The molecule has 0 aliphatic carbocycles. The van der Waals surface area contributed by atoms with Gasteiger partial charge in [0.25, 0.3) is 5.91 Å². The molecule has 2 aromatic rings. The monoisotopic (exact) mass is 386 g/mol. The lowest BCUT2D eigenvalue weighted by Gasteiger charge is -2.16. The summed E-state index contributed by atoms with van der Waals surface area (Å²) in [5.74, 6) is -0.401. The van der Waals surface area contributed by atoms with Gasteiger partial charge < -0.3 is 5.32 Å². The van der Waals surface area contributed by atoms with Gasteiger partial charge in [-0.1, -0.05) is 35.3 Å². The number of hydrogen-bond donors (Lipinski definition) is 2. The molecular weight excluding hydrogens is 371 g/mol. The third-order valence-electron chi connectivity index (χ3n) is 3.45. The van der Waals surface area contributed by atoms with Crippen molar-refractivity contribution in [2.45, 2.75) is 17.9 Å². The summed E-state index contributed by atoms with van der Waals surface area (Å²) < 4.78 is 25.9. The minimum absolute atomic E-state index is 0.0230. The van der Waals surface area contributed by atoms with Crippen LogP contribution in [-0.4, -0.2) is 21.4 Å². The highest BCUT2D eigenvalue weighted by Gasteiger charge is 2.17. The predicted octanol–water partition coefficient (Wildman–Crippen LogP) is 3.39. The average molecular weight is 387 g/mol. The van der Waals surface area contributed by atoms with E-state index in [-0.39, 0.29) is 16.5 Å². The van der Waals surface area contributed by atoms with Gasteiger partial charge in [-0.15, -0.1) is 0 Å². The maximum atomic E-state index is 12.4. The van der Waals surface area contributed by atoms with E-state index in [9.17, 15) is 13.2 Å². The van der Waals surface area contributed by atoms with Crippen molar-refractivity contribution in [2.75, 3.05) is 7.05 Å². The molecule has 0 saturated carbocycles. The Morgan fingerprint density at radius 2 is 1.83 bits per heavy atom. The third kappa shape index (κ3) is 4.27. The van der Waals surface area contributed by atoms with E-state index < -0.39 is 15.9 Å². The molecule has 5 nitrogen and oxygen atoms in total. The molecule has 0 fully saturated rings. The molecule has 0 spiro atoms.